The molecular formula is C21H30N2O5. The van der Waals surface area contributed by atoms with Gasteiger partial charge in [-0.2, -0.15) is 0 Å². The van der Waals surface area contributed by atoms with Crippen LogP contribution in [0, 0.1) is 5.92 Å². The number of piperidine rings is 1. The Kier molecular flexibility index (Phi) is 8.78. The van der Waals surface area contributed by atoms with E-state index in [1.54, 1.807) is 7.11 Å². The van der Waals surface area contributed by atoms with Gasteiger partial charge in [-0.25, -0.2) is 0 Å². The van der Waals surface area contributed by atoms with Crippen molar-refractivity contribution in [1.29, 1.82) is 0 Å². The van der Waals surface area contributed by atoms with Gasteiger partial charge in [0.1, 0.15) is 5.75 Å². The standard InChI is InChI=1S/C21H30N2O5/c1-27-18-10-8-16(9-11-18)13-19(24)22-14-17-5-4-12-23(15-17)20(25)6-3-7-21(26)28-2/h8-11,17H,3-7,12-15H2,1-2H3,(H,22,24)/t17-/m1/s1. The molecule has 0 saturated carbocycles. The summed E-state index contributed by atoms with van der Waals surface area (Å²) >= 11 is 0. The Morgan fingerprint density at radius 3 is 2.57 bits per heavy atom. The van der Waals surface area contributed by atoms with Crippen LogP contribution in [0.4, 0.5) is 0 Å². The quantitative estimate of drug-likeness (QED) is 0.652. The minimum atomic E-state index is -0.288. The van der Waals surface area contributed by atoms with Crippen LogP contribution in [0.5, 0.6) is 5.75 Å². The monoisotopic (exact) mass is 390 g/mol. The highest BCUT2D eigenvalue weighted by molar-refractivity contribution is 5.79. The molecule has 0 radical (unpaired) electrons. The summed E-state index contributed by atoms with van der Waals surface area (Å²) in [6, 6.07) is 7.45. The summed E-state index contributed by atoms with van der Waals surface area (Å²) in [6.07, 6.45) is 3.38. The van der Waals surface area contributed by atoms with E-state index >= 15 is 0 Å². The van der Waals surface area contributed by atoms with E-state index in [-0.39, 0.29) is 30.1 Å². The van der Waals surface area contributed by atoms with Gasteiger partial charge in [0, 0.05) is 32.5 Å². The van der Waals surface area contributed by atoms with Crippen molar-refractivity contribution in [3.63, 3.8) is 0 Å². The van der Waals surface area contributed by atoms with E-state index in [4.69, 9.17) is 4.74 Å². The third-order valence-corrected chi connectivity index (χ3v) is 4.98. The molecule has 154 valence electrons. The maximum atomic E-state index is 12.3. The molecule has 0 spiro atoms. The van der Waals surface area contributed by atoms with Gasteiger partial charge < -0.3 is 19.7 Å². The number of likely N-dealkylation sites (tertiary alicyclic amines) is 1. The first-order valence-corrected chi connectivity index (χ1v) is 9.76. The second-order valence-electron chi connectivity index (χ2n) is 7.11. The average molecular weight is 390 g/mol. The van der Waals surface area contributed by atoms with E-state index in [2.05, 4.69) is 10.1 Å². The molecule has 1 saturated heterocycles. The number of hydrogen-bond acceptors (Lipinski definition) is 5. The second-order valence-corrected chi connectivity index (χ2v) is 7.11. The first-order valence-electron chi connectivity index (χ1n) is 9.76. The van der Waals surface area contributed by atoms with Crippen LogP contribution >= 0.6 is 0 Å². The van der Waals surface area contributed by atoms with E-state index in [1.165, 1.54) is 7.11 Å². The zero-order chi connectivity index (χ0) is 20.4. The van der Waals surface area contributed by atoms with Gasteiger partial charge in [0.05, 0.1) is 20.6 Å². The van der Waals surface area contributed by atoms with Gasteiger partial charge in [-0.05, 0) is 42.9 Å². The lowest BCUT2D eigenvalue weighted by Crippen LogP contribution is -2.43. The fraction of sp³-hybridized carbons (Fsp3) is 0.571. The predicted molar refractivity (Wildman–Crippen MR) is 105 cm³/mol. The van der Waals surface area contributed by atoms with E-state index in [9.17, 15) is 14.4 Å². The topological polar surface area (TPSA) is 84.9 Å². The Morgan fingerprint density at radius 2 is 1.89 bits per heavy atom. The summed E-state index contributed by atoms with van der Waals surface area (Å²) in [6.45, 7) is 1.97. The van der Waals surface area contributed by atoms with Crippen LogP contribution in [0.15, 0.2) is 24.3 Å². The van der Waals surface area contributed by atoms with Gasteiger partial charge in [0.15, 0.2) is 0 Å². The van der Waals surface area contributed by atoms with Gasteiger partial charge in [0.2, 0.25) is 11.8 Å². The van der Waals surface area contributed by atoms with E-state index < -0.39 is 0 Å². The summed E-state index contributed by atoms with van der Waals surface area (Å²) in [4.78, 5) is 37.5. The van der Waals surface area contributed by atoms with Crippen LogP contribution in [0.3, 0.4) is 0 Å². The first kappa shape index (κ1) is 21.7. The van der Waals surface area contributed by atoms with Crippen molar-refractivity contribution in [2.24, 2.45) is 5.92 Å². The summed E-state index contributed by atoms with van der Waals surface area (Å²) in [5, 5.41) is 2.99. The molecule has 1 aliphatic rings. The van der Waals surface area contributed by atoms with Gasteiger partial charge in [-0.15, -0.1) is 0 Å². The Morgan fingerprint density at radius 1 is 1.14 bits per heavy atom. The maximum absolute atomic E-state index is 12.3. The average Bonchev–Trinajstić information content (AvgIpc) is 2.72. The lowest BCUT2D eigenvalue weighted by atomic mass is 9.97. The minimum Gasteiger partial charge on any atom is -0.497 e. The highest BCUT2D eigenvalue weighted by Crippen LogP contribution is 2.17. The third kappa shape index (κ3) is 7.21. The largest absolute Gasteiger partial charge is 0.497 e. The number of carbonyl (C=O) groups is 3. The molecule has 2 rings (SSSR count). The fourth-order valence-corrected chi connectivity index (χ4v) is 3.35. The van der Waals surface area contributed by atoms with Gasteiger partial charge >= 0.3 is 5.97 Å². The van der Waals surface area contributed by atoms with Gasteiger partial charge in [-0.3, -0.25) is 14.4 Å². The molecule has 1 aromatic carbocycles. The fourth-order valence-electron chi connectivity index (χ4n) is 3.35. The molecular weight excluding hydrogens is 360 g/mol. The van der Waals surface area contributed by atoms with Crippen molar-refractivity contribution in [3.05, 3.63) is 29.8 Å². The van der Waals surface area contributed by atoms with E-state index in [1.807, 2.05) is 29.2 Å². The van der Waals surface area contributed by atoms with Crippen molar-refractivity contribution >= 4 is 17.8 Å². The number of methoxy groups -OCH3 is 2. The smallest absolute Gasteiger partial charge is 0.305 e. The van der Waals surface area contributed by atoms with Crippen LogP contribution in [0.1, 0.15) is 37.7 Å². The normalized spacial score (nSPS) is 16.4. The third-order valence-electron chi connectivity index (χ3n) is 4.98. The summed E-state index contributed by atoms with van der Waals surface area (Å²) in [5.74, 6) is 0.787. The van der Waals surface area contributed by atoms with Gasteiger partial charge in [-0.1, -0.05) is 12.1 Å². The Hall–Kier alpha value is -2.57. The molecule has 1 aromatic rings. The molecule has 28 heavy (non-hydrogen) atoms. The molecule has 0 unspecified atom stereocenters. The summed E-state index contributed by atoms with van der Waals surface area (Å²) < 4.78 is 9.71. The zero-order valence-corrected chi connectivity index (χ0v) is 16.7. The lowest BCUT2D eigenvalue weighted by Gasteiger charge is -2.33. The Balaban J connectivity index is 1.70. The summed E-state index contributed by atoms with van der Waals surface area (Å²) in [5.41, 5.74) is 0.935. The Labute approximate surface area is 166 Å². The molecule has 0 aromatic heterocycles. The molecule has 2 amide bonds. The highest BCUT2D eigenvalue weighted by atomic mass is 16.5. The number of benzene rings is 1. The van der Waals surface area contributed by atoms with E-state index in [0.29, 0.717) is 32.4 Å². The van der Waals surface area contributed by atoms with Crippen molar-refractivity contribution in [1.82, 2.24) is 10.2 Å². The Bertz CT molecular complexity index is 659. The number of rotatable bonds is 9. The maximum Gasteiger partial charge on any atom is 0.305 e. The van der Waals surface area contributed by atoms with Crippen LogP contribution in [0.25, 0.3) is 0 Å². The number of nitrogens with one attached hydrogen (secondary N) is 1. The number of ether oxygens (including phenoxy) is 2. The van der Waals surface area contributed by atoms with Gasteiger partial charge in [0.25, 0.3) is 0 Å². The molecule has 0 bridgehead atoms. The molecule has 1 heterocycles. The summed E-state index contributed by atoms with van der Waals surface area (Å²) in [7, 11) is 2.96. The number of carbonyl (C=O) groups excluding carboxylic acids is 3. The molecule has 1 N–H and O–H groups in total. The number of nitrogens with zero attached hydrogens (tertiary/aromatic N) is 1. The highest BCUT2D eigenvalue weighted by Gasteiger charge is 2.23. The van der Waals surface area contributed by atoms with E-state index in [0.717, 1.165) is 30.7 Å². The molecule has 7 nitrogen and oxygen atoms in total. The van der Waals surface area contributed by atoms with Crippen LogP contribution < -0.4 is 10.1 Å². The van der Waals surface area contributed by atoms with Crippen molar-refractivity contribution in [2.45, 2.75) is 38.5 Å². The number of esters is 1. The van der Waals surface area contributed by atoms with Crippen LogP contribution in [-0.2, 0) is 25.5 Å². The zero-order valence-electron chi connectivity index (χ0n) is 16.7. The molecule has 1 atom stereocenters. The second kappa shape index (κ2) is 11.3. The molecule has 0 aliphatic carbocycles. The molecule has 7 heteroatoms. The van der Waals surface area contributed by atoms with Crippen molar-refractivity contribution in [2.75, 3.05) is 33.9 Å². The predicted octanol–water partition coefficient (Wildman–Crippen LogP) is 1.94. The van der Waals surface area contributed by atoms with Crippen molar-refractivity contribution < 1.29 is 23.9 Å². The number of hydrogen-bond donors (Lipinski definition) is 1. The number of amides is 2. The van der Waals surface area contributed by atoms with Crippen molar-refractivity contribution in [3.8, 4) is 5.75 Å². The lowest BCUT2D eigenvalue weighted by molar-refractivity contribution is -0.141. The molecule has 1 aliphatic heterocycles. The van der Waals surface area contributed by atoms with Crippen LogP contribution in [0.2, 0.25) is 0 Å². The minimum absolute atomic E-state index is 0.0216. The first-order chi connectivity index (χ1) is 13.5. The SMILES string of the molecule is COC(=O)CCCC(=O)N1CCC[C@H](CNC(=O)Cc2ccc(OC)cc2)C1. The molecule has 1 fully saturated rings. The van der Waals surface area contributed by atoms with Crippen LogP contribution in [-0.4, -0.2) is 56.5 Å².